The molecule has 0 spiro atoms. The van der Waals surface area contributed by atoms with Gasteiger partial charge in [-0.25, -0.2) is 0 Å². The van der Waals surface area contributed by atoms with Crippen molar-refractivity contribution < 1.29 is 14.8 Å². The van der Waals surface area contributed by atoms with Crippen LogP contribution in [0.2, 0.25) is 0 Å². The molecule has 0 amide bonds. The van der Waals surface area contributed by atoms with Gasteiger partial charge in [-0.2, -0.15) is 0 Å². The lowest BCUT2D eigenvalue weighted by molar-refractivity contribution is -0.576. The van der Waals surface area contributed by atoms with Crippen LogP contribution in [-0.4, -0.2) is 25.8 Å². The third kappa shape index (κ3) is 6.15. The molecule has 2 saturated carbocycles. The second kappa shape index (κ2) is 10.9. The van der Waals surface area contributed by atoms with Gasteiger partial charge in [-0.05, 0) is 43.4 Å². The molecule has 0 heterocycles. The summed E-state index contributed by atoms with van der Waals surface area (Å²) in [5.41, 5.74) is -0.863. The molecule has 3 rings (SSSR count). The fourth-order valence-electron chi connectivity index (χ4n) is 5.56. The molecule has 0 aliphatic heterocycles. The molecule has 0 saturated heterocycles. The molecular weight excluding hydrogens is 426 g/mol. The molecule has 0 aromatic heterocycles. The maximum Gasteiger partial charge on any atom is 0.269 e. The molecular formula is C24H33N3O6. The van der Waals surface area contributed by atoms with E-state index < -0.39 is 16.0 Å². The molecule has 2 fully saturated rings. The molecule has 9 nitrogen and oxygen atoms in total. The predicted octanol–water partition coefficient (Wildman–Crippen LogP) is 6.50. The van der Waals surface area contributed by atoms with Crippen LogP contribution in [0.4, 0.5) is 5.69 Å². The van der Waals surface area contributed by atoms with E-state index in [4.69, 9.17) is 0 Å². The van der Waals surface area contributed by atoms with E-state index in [0.717, 1.165) is 51.4 Å². The SMILES string of the molecule is O=[N+]([O-])c1ccc(C=C(CC2([N+](=O)[O-])CCCCCC2)CC2([N+](=O)[O-])CCCCCC2)cc1. The van der Waals surface area contributed by atoms with Crippen molar-refractivity contribution >= 4 is 11.8 Å². The average molecular weight is 460 g/mol. The maximum atomic E-state index is 12.3. The van der Waals surface area contributed by atoms with Crippen molar-refractivity contribution in [1.82, 2.24) is 0 Å². The monoisotopic (exact) mass is 459 g/mol. The van der Waals surface area contributed by atoms with Crippen LogP contribution in [0.15, 0.2) is 29.8 Å². The predicted molar refractivity (Wildman–Crippen MR) is 125 cm³/mol. The number of nitrogens with zero attached hydrogens (tertiary/aromatic N) is 3. The summed E-state index contributed by atoms with van der Waals surface area (Å²) in [7, 11) is 0. The molecule has 1 aromatic carbocycles. The van der Waals surface area contributed by atoms with Crippen LogP contribution in [-0.2, 0) is 0 Å². The van der Waals surface area contributed by atoms with Gasteiger partial charge in [0.05, 0.1) is 4.92 Å². The highest BCUT2D eigenvalue weighted by Gasteiger charge is 2.48. The van der Waals surface area contributed by atoms with Crippen LogP contribution in [0.5, 0.6) is 0 Å². The van der Waals surface area contributed by atoms with Gasteiger partial charge in [0.15, 0.2) is 0 Å². The van der Waals surface area contributed by atoms with Gasteiger partial charge in [-0.15, -0.1) is 0 Å². The molecule has 1 aromatic rings. The highest BCUT2D eigenvalue weighted by molar-refractivity contribution is 5.55. The number of benzene rings is 1. The first-order chi connectivity index (χ1) is 15.8. The Morgan fingerprint density at radius 1 is 0.697 bits per heavy atom. The summed E-state index contributed by atoms with van der Waals surface area (Å²) in [6, 6.07) is 6.01. The Bertz CT molecular complexity index is 838. The van der Waals surface area contributed by atoms with Crippen molar-refractivity contribution in [2.75, 3.05) is 0 Å². The molecule has 0 radical (unpaired) electrons. The van der Waals surface area contributed by atoms with Crippen molar-refractivity contribution in [2.45, 2.75) is 101 Å². The minimum Gasteiger partial charge on any atom is -0.264 e. The van der Waals surface area contributed by atoms with E-state index in [1.807, 2.05) is 0 Å². The third-order valence-corrected chi connectivity index (χ3v) is 7.43. The van der Waals surface area contributed by atoms with Gasteiger partial charge in [0.1, 0.15) is 0 Å². The fraction of sp³-hybridized carbons (Fsp3) is 0.667. The van der Waals surface area contributed by atoms with Crippen LogP contribution < -0.4 is 0 Å². The van der Waals surface area contributed by atoms with Gasteiger partial charge < -0.3 is 0 Å². The first-order valence-corrected chi connectivity index (χ1v) is 12.0. The van der Waals surface area contributed by atoms with Crippen LogP contribution in [0, 0.1) is 30.3 Å². The normalized spacial score (nSPS) is 20.1. The first-order valence-electron chi connectivity index (χ1n) is 12.0. The van der Waals surface area contributed by atoms with Gasteiger partial charge >= 0.3 is 0 Å². The van der Waals surface area contributed by atoms with E-state index in [-0.39, 0.29) is 28.4 Å². The van der Waals surface area contributed by atoms with Gasteiger partial charge in [-0.3, -0.25) is 30.3 Å². The summed E-state index contributed by atoms with van der Waals surface area (Å²) < 4.78 is 0. The average Bonchev–Trinajstić information content (AvgIpc) is 3.16. The standard InChI is InChI=1S/C24H33N3O6/c28-25(29)22-11-9-20(10-12-22)17-21(18-23(26(30)31)13-5-1-2-6-14-23)19-24(27(32)33)15-7-3-4-8-16-24/h9-12,17H,1-8,13-16,18-19H2. The fourth-order valence-corrected chi connectivity index (χ4v) is 5.56. The molecule has 9 heteroatoms. The Hall–Kier alpha value is -2.84. The van der Waals surface area contributed by atoms with Crippen molar-refractivity contribution in [3.8, 4) is 0 Å². The smallest absolute Gasteiger partial charge is 0.264 e. The van der Waals surface area contributed by atoms with Crippen LogP contribution >= 0.6 is 0 Å². The summed E-state index contributed by atoms with van der Waals surface area (Å²) in [5, 5.41) is 35.5. The first kappa shape index (κ1) is 24.8. The van der Waals surface area contributed by atoms with Gasteiger partial charge in [0, 0.05) is 60.5 Å². The maximum absolute atomic E-state index is 12.3. The van der Waals surface area contributed by atoms with E-state index in [9.17, 15) is 30.3 Å². The lowest BCUT2D eigenvalue weighted by atomic mass is 9.77. The van der Waals surface area contributed by atoms with Gasteiger partial charge in [-0.1, -0.05) is 37.3 Å². The minimum atomic E-state index is -1.11. The van der Waals surface area contributed by atoms with Crippen molar-refractivity contribution in [3.63, 3.8) is 0 Å². The van der Waals surface area contributed by atoms with Crippen molar-refractivity contribution in [3.05, 3.63) is 65.7 Å². The number of rotatable bonds is 8. The van der Waals surface area contributed by atoms with Crippen LogP contribution in [0.3, 0.4) is 0 Å². The number of hydrogen-bond acceptors (Lipinski definition) is 6. The van der Waals surface area contributed by atoms with Crippen molar-refractivity contribution in [2.24, 2.45) is 0 Å². The van der Waals surface area contributed by atoms with E-state index in [2.05, 4.69) is 0 Å². The van der Waals surface area contributed by atoms with Gasteiger partial charge in [0.25, 0.3) is 5.69 Å². The minimum absolute atomic E-state index is 0.0373. The third-order valence-electron chi connectivity index (χ3n) is 7.43. The van der Waals surface area contributed by atoms with Crippen LogP contribution in [0.1, 0.15) is 95.5 Å². The zero-order valence-electron chi connectivity index (χ0n) is 19.1. The number of nitro groups is 3. The molecule has 0 unspecified atom stereocenters. The lowest BCUT2D eigenvalue weighted by Gasteiger charge is -2.29. The summed E-state index contributed by atoms with van der Waals surface area (Å²) >= 11 is 0. The largest absolute Gasteiger partial charge is 0.269 e. The molecule has 0 N–H and O–H groups in total. The second-order valence-electron chi connectivity index (χ2n) is 9.80. The van der Waals surface area contributed by atoms with Crippen molar-refractivity contribution in [1.29, 1.82) is 0 Å². The van der Waals surface area contributed by atoms with Gasteiger partial charge in [0.2, 0.25) is 11.1 Å². The summed E-state index contributed by atoms with van der Waals surface area (Å²) in [4.78, 5) is 34.7. The number of hydrogen-bond donors (Lipinski definition) is 0. The molecule has 180 valence electrons. The number of non-ortho nitro benzene ring substituents is 1. The quantitative estimate of drug-likeness (QED) is 0.248. The molecule has 2 aliphatic carbocycles. The van der Waals surface area contributed by atoms with E-state index in [1.54, 1.807) is 18.2 Å². The lowest BCUT2D eigenvalue weighted by Crippen LogP contribution is -2.42. The van der Waals surface area contributed by atoms with Crippen LogP contribution in [0.25, 0.3) is 6.08 Å². The topological polar surface area (TPSA) is 129 Å². The Morgan fingerprint density at radius 3 is 1.42 bits per heavy atom. The highest BCUT2D eigenvalue weighted by Crippen LogP contribution is 2.41. The zero-order chi connectivity index (χ0) is 23.9. The zero-order valence-corrected chi connectivity index (χ0v) is 19.1. The Balaban J connectivity index is 2.00. The highest BCUT2D eigenvalue weighted by atomic mass is 16.6. The van der Waals surface area contributed by atoms with E-state index in [1.165, 1.54) is 12.1 Å². The second-order valence-corrected chi connectivity index (χ2v) is 9.80. The molecule has 0 atom stereocenters. The summed E-state index contributed by atoms with van der Waals surface area (Å²) in [6.07, 6.45) is 11.1. The Labute approximate surface area is 193 Å². The Kier molecular flexibility index (Phi) is 8.15. The Morgan fingerprint density at radius 2 is 1.09 bits per heavy atom. The molecule has 0 bridgehead atoms. The summed E-state index contributed by atoms with van der Waals surface area (Å²) in [5.74, 6) is 0. The van der Waals surface area contributed by atoms with E-state index in [0.29, 0.717) is 36.8 Å². The summed E-state index contributed by atoms with van der Waals surface area (Å²) in [6.45, 7) is 0. The molecule has 33 heavy (non-hydrogen) atoms. The van der Waals surface area contributed by atoms with E-state index >= 15 is 0 Å². The molecule has 2 aliphatic rings. The number of nitro benzene ring substituents is 1.